The molecular formula is C26H34N4O6. The van der Waals surface area contributed by atoms with Gasteiger partial charge in [-0.2, -0.15) is 0 Å². The molecule has 0 spiro atoms. The average molecular weight is 499 g/mol. The highest BCUT2D eigenvalue weighted by molar-refractivity contribution is 5.94. The third-order valence-corrected chi connectivity index (χ3v) is 5.60. The van der Waals surface area contributed by atoms with Gasteiger partial charge in [-0.25, -0.2) is 4.79 Å². The van der Waals surface area contributed by atoms with Crippen molar-refractivity contribution in [3.63, 3.8) is 0 Å². The van der Waals surface area contributed by atoms with Crippen molar-refractivity contribution in [1.29, 1.82) is 0 Å². The fourth-order valence-electron chi connectivity index (χ4n) is 3.53. The molecule has 0 fully saturated rings. The van der Waals surface area contributed by atoms with Crippen LogP contribution in [0, 0.1) is 5.92 Å². The molecule has 2 aromatic rings. The number of rotatable bonds is 13. The van der Waals surface area contributed by atoms with Gasteiger partial charge in [0, 0.05) is 6.42 Å². The zero-order chi connectivity index (χ0) is 26.7. The maximum absolute atomic E-state index is 13.1. The second-order valence-electron chi connectivity index (χ2n) is 8.86. The quantitative estimate of drug-likeness (QED) is 0.225. The lowest BCUT2D eigenvalue weighted by atomic mass is 10.0. The maximum Gasteiger partial charge on any atom is 0.326 e. The van der Waals surface area contributed by atoms with Crippen molar-refractivity contribution in [2.45, 2.75) is 50.9 Å². The molecule has 0 aliphatic heterocycles. The Morgan fingerprint density at radius 2 is 1.22 bits per heavy atom. The summed E-state index contributed by atoms with van der Waals surface area (Å²) in [5.74, 6) is -3.77. The number of aliphatic carboxylic acids is 1. The second kappa shape index (κ2) is 14.0. The Morgan fingerprint density at radius 1 is 0.750 bits per heavy atom. The van der Waals surface area contributed by atoms with E-state index in [1.807, 2.05) is 36.4 Å². The number of carbonyl (C=O) groups is 4. The van der Waals surface area contributed by atoms with E-state index in [9.17, 15) is 29.4 Å². The topological polar surface area (TPSA) is 171 Å². The molecule has 0 aliphatic carbocycles. The molecule has 3 amide bonds. The van der Waals surface area contributed by atoms with E-state index in [2.05, 4.69) is 16.0 Å². The summed E-state index contributed by atoms with van der Waals surface area (Å²) in [4.78, 5) is 49.9. The van der Waals surface area contributed by atoms with Crippen LogP contribution in [0.1, 0.15) is 25.0 Å². The van der Waals surface area contributed by atoms with Crippen LogP contribution in [0.4, 0.5) is 0 Å². The minimum Gasteiger partial charge on any atom is -0.480 e. The molecule has 10 heteroatoms. The molecule has 0 aliphatic rings. The van der Waals surface area contributed by atoms with Crippen molar-refractivity contribution in [2.75, 3.05) is 6.61 Å². The van der Waals surface area contributed by atoms with Gasteiger partial charge in [-0.1, -0.05) is 74.5 Å². The first-order valence-electron chi connectivity index (χ1n) is 11.7. The van der Waals surface area contributed by atoms with Crippen LogP contribution >= 0.6 is 0 Å². The Kier molecular flexibility index (Phi) is 11.0. The molecule has 4 atom stereocenters. The van der Waals surface area contributed by atoms with Crippen LogP contribution in [0.3, 0.4) is 0 Å². The molecule has 2 rings (SSSR count). The lowest BCUT2D eigenvalue weighted by molar-refractivity contribution is -0.143. The van der Waals surface area contributed by atoms with Gasteiger partial charge >= 0.3 is 5.97 Å². The summed E-state index contributed by atoms with van der Waals surface area (Å²) in [6.45, 7) is 2.48. The molecular weight excluding hydrogens is 464 g/mol. The summed E-state index contributed by atoms with van der Waals surface area (Å²) in [5.41, 5.74) is 7.69. The van der Waals surface area contributed by atoms with Gasteiger partial charge in [0.25, 0.3) is 0 Å². The number of nitrogens with one attached hydrogen (secondary N) is 3. The SMILES string of the molecule is CC(C)C(NC(=O)C(CO)NC(=O)C(Cc1ccccc1)NC(=O)C(N)Cc1ccccc1)C(=O)O. The van der Waals surface area contributed by atoms with Gasteiger partial charge in [0.15, 0.2) is 0 Å². The molecule has 7 N–H and O–H groups in total. The third kappa shape index (κ3) is 8.79. The van der Waals surface area contributed by atoms with Gasteiger partial charge in [-0.05, 0) is 23.5 Å². The normalized spacial score (nSPS) is 14.2. The Bertz CT molecular complexity index is 1020. The maximum atomic E-state index is 13.1. The zero-order valence-corrected chi connectivity index (χ0v) is 20.4. The van der Waals surface area contributed by atoms with Crippen molar-refractivity contribution in [1.82, 2.24) is 16.0 Å². The molecule has 0 saturated heterocycles. The standard InChI is InChI=1S/C26H34N4O6/c1-16(2)22(26(35)36)30-25(34)21(15-31)29-24(33)20(14-18-11-7-4-8-12-18)28-23(32)19(27)13-17-9-5-3-6-10-17/h3-12,16,19-22,31H,13-15,27H2,1-2H3,(H,28,32)(H,29,33)(H,30,34)(H,35,36). The Labute approximate surface area is 210 Å². The van der Waals surface area contributed by atoms with Crippen LogP contribution in [0.15, 0.2) is 60.7 Å². The highest BCUT2D eigenvalue weighted by Crippen LogP contribution is 2.07. The van der Waals surface area contributed by atoms with Gasteiger partial charge in [-0.3, -0.25) is 14.4 Å². The smallest absolute Gasteiger partial charge is 0.326 e. The fraction of sp³-hybridized carbons (Fsp3) is 0.385. The highest BCUT2D eigenvalue weighted by Gasteiger charge is 2.31. The Hall–Kier alpha value is -3.76. The van der Waals surface area contributed by atoms with Gasteiger partial charge in [0.1, 0.15) is 18.1 Å². The van der Waals surface area contributed by atoms with E-state index in [1.165, 1.54) is 0 Å². The van der Waals surface area contributed by atoms with Gasteiger partial charge in [-0.15, -0.1) is 0 Å². The lowest BCUT2D eigenvalue weighted by Crippen LogP contribution is -2.59. The van der Waals surface area contributed by atoms with Crippen molar-refractivity contribution in [3.8, 4) is 0 Å². The van der Waals surface area contributed by atoms with E-state index in [-0.39, 0.29) is 12.8 Å². The summed E-state index contributed by atoms with van der Waals surface area (Å²) in [5, 5.41) is 26.4. The van der Waals surface area contributed by atoms with Crippen LogP contribution in [-0.2, 0) is 32.0 Å². The first-order chi connectivity index (χ1) is 17.1. The molecule has 0 bridgehead atoms. The van der Waals surface area contributed by atoms with Crippen LogP contribution in [-0.4, -0.2) is 64.7 Å². The first-order valence-corrected chi connectivity index (χ1v) is 11.7. The second-order valence-corrected chi connectivity index (χ2v) is 8.86. The number of benzene rings is 2. The molecule has 36 heavy (non-hydrogen) atoms. The summed E-state index contributed by atoms with van der Waals surface area (Å²) in [6, 6.07) is 13.5. The van der Waals surface area contributed by atoms with Crippen LogP contribution in [0.25, 0.3) is 0 Å². The van der Waals surface area contributed by atoms with Gasteiger partial charge in [0.05, 0.1) is 12.6 Å². The average Bonchev–Trinajstić information content (AvgIpc) is 2.85. The number of carbonyl (C=O) groups excluding carboxylic acids is 3. The van der Waals surface area contributed by atoms with Crippen molar-refractivity contribution >= 4 is 23.7 Å². The number of carboxylic acid groups (broad SMARTS) is 1. The number of amides is 3. The fourth-order valence-corrected chi connectivity index (χ4v) is 3.53. The predicted octanol–water partition coefficient (Wildman–Crippen LogP) is -0.0136. The van der Waals surface area contributed by atoms with E-state index in [0.717, 1.165) is 11.1 Å². The minimum atomic E-state index is -1.41. The number of hydrogen-bond donors (Lipinski definition) is 6. The molecule has 2 aromatic carbocycles. The van der Waals surface area contributed by atoms with Crippen molar-refractivity contribution in [3.05, 3.63) is 71.8 Å². The van der Waals surface area contributed by atoms with Gasteiger partial charge in [0.2, 0.25) is 17.7 Å². The number of carboxylic acids is 1. The summed E-state index contributed by atoms with van der Waals surface area (Å²) < 4.78 is 0. The first kappa shape index (κ1) is 28.5. The minimum absolute atomic E-state index is 0.111. The van der Waals surface area contributed by atoms with E-state index in [0.29, 0.717) is 0 Å². The molecule has 10 nitrogen and oxygen atoms in total. The lowest BCUT2D eigenvalue weighted by Gasteiger charge is -2.25. The van der Waals surface area contributed by atoms with Crippen LogP contribution in [0.5, 0.6) is 0 Å². The van der Waals surface area contributed by atoms with E-state index in [1.54, 1.807) is 38.1 Å². The van der Waals surface area contributed by atoms with E-state index >= 15 is 0 Å². The summed E-state index contributed by atoms with van der Waals surface area (Å²) in [7, 11) is 0. The van der Waals surface area contributed by atoms with Crippen LogP contribution in [0.2, 0.25) is 0 Å². The monoisotopic (exact) mass is 498 g/mol. The molecule has 0 saturated carbocycles. The largest absolute Gasteiger partial charge is 0.480 e. The number of hydrogen-bond acceptors (Lipinski definition) is 6. The van der Waals surface area contributed by atoms with Gasteiger partial charge < -0.3 is 31.9 Å². The van der Waals surface area contributed by atoms with Crippen molar-refractivity contribution in [2.24, 2.45) is 11.7 Å². The molecule has 0 aromatic heterocycles. The Morgan fingerprint density at radius 3 is 1.69 bits per heavy atom. The molecule has 0 heterocycles. The molecule has 194 valence electrons. The molecule has 4 unspecified atom stereocenters. The predicted molar refractivity (Wildman–Crippen MR) is 134 cm³/mol. The molecule has 0 radical (unpaired) electrons. The number of nitrogens with two attached hydrogens (primary N) is 1. The number of aliphatic hydroxyl groups excluding tert-OH is 1. The summed E-state index contributed by atoms with van der Waals surface area (Å²) in [6.07, 6.45) is 0.375. The van der Waals surface area contributed by atoms with E-state index in [4.69, 9.17) is 5.73 Å². The van der Waals surface area contributed by atoms with Crippen molar-refractivity contribution < 1.29 is 29.4 Å². The zero-order valence-electron chi connectivity index (χ0n) is 20.4. The summed E-state index contributed by atoms with van der Waals surface area (Å²) >= 11 is 0. The third-order valence-electron chi connectivity index (χ3n) is 5.60. The van der Waals surface area contributed by atoms with E-state index < -0.39 is 60.4 Å². The number of aliphatic hydroxyl groups is 1. The Balaban J connectivity index is 2.14. The highest BCUT2D eigenvalue weighted by atomic mass is 16.4. The van der Waals surface area contributed by atoms with Crippen LogP contribution < -0.4 is 21.7 Å².